The lowest BCUT2D eigenvalue weighted by Gasteiger charge is -2.50. The van der Waals surface area contributed by atoms with Crippen LogP contribution in [-0.4, -0.2) is 92.4 Å². The molecule has 1 aromatic heterocycles. The van der Waals surface area contributed by atoms with Crippen LogP contribution in [0.15, 0.2) is 30.5 Å². The summed E-state index contributed by atoms with van der Waals surface area (Å²) in [5.74, 6) is -3.79. The monoisotopic (exact) mass is 547 g/mol. The first-order valence-corrected chi connectivity index (χ1v) is 14.5. The zero-order valence-electron chi connectivity index (χ0n) is 23.4. The summed E-state index contributed by atoms with van der Waals surface area (Å²) >= 11 is 0. The van der Waals surface area contributed by atoms with Crippen molar-refractivity contribution in [1.29, 1.82) is 0 Å². The van der Waals surface area contributed by atoms with E-state index in [-0.39, 0.29) is 23.8 Å². The molecule has 5 aliphatic rings. The van der Waals surface area contributed by atoms with Gasteiger partial charge in [-0.2, -0.15) is 0 Å². The third kappa shape index (κ3) is 3.36. The summed E-state index contributed by atoms with van der Waals surface area (Å²) < 4.78 is 6.19. The average molecular weight is 548 g/mol. The normalized spacial score (nSPS) is 35.9. The molecule has 10 nitrogen and oxygen atoms in total. The van der Waals surface area contributed by atoms with Gasteiger partial charge in [-0.1, -0.05) is 38.5 Å². The number of aliphatic hydroxyl groups is 1. The Morgan fingerprint density at radius 3 is 2.90 bits per heavy atom. The van der Waals surface area contributed by atoms with Crippen LogP contribution in [0.4, 0.5) is 0 Å². The van der Waals surface area contributed by atoms with E-state index in [0.29, 0.717) is 25.9 Å². The number of hydrogen-bond acceptors (Lipinski definition) is 6. The molecule has 3 amide bonds. The topological polar surface area (TPSA) is 118 Å². The number of likely N-dealkylation sites (N-methyl/N-ethyl adjacent to an activating group) is 1. The van der Waals surface area contributed by atoms with Gasteiger partial charge < -0.3 is 20.3 Å². The molecule has 3 N–H and O–H groups in total. The number of nitrogens with zero attached hydrogens (tertiary/aromatic N) is 3. The summed E-state index contributed by atoms with van der Waals surface area (Å²) in [7, 11) is 2.02. The Kier molecular flexibility index (Phi) is 5.56. The van der Waals surface area contributed by atoms with E-state index in [4.69, 9.17) is 4.74 Å². The first-order chi connectivity index (χ1) is 19.1. The van der Waals surface area contributed by atoms with Crippen LogP contribution in [0.25, 0.3) is 16.5 Å². The number of aromatic amines is 1. The Balaban J connectivity index is 1.21. The first-order valence-electron chi connectivity index (χ1n) is 14.5. The van der Waals surface area contributed by atoms with E-state index in [2.05, 4.69) is 33.5 Å². The molecule has 0 saturated carbocycles. The number of ether oxygens (including phenoxy) is 1. The molecular formula is C30H37N5O5. The summed E-state index contributed by atoms with van der Waals surface area (Å²) in [5, 5.41) is 16.0. The quantitative estimate of drug-likeness (QED) is 0.537. The lowest BCUT2D eigenvalue weighted by Crippen LogP contribution is -2.72. The first kappa shape index (κ1) is 25.7. The Morgan fingerprint density at radius 1 is 1.32 bits per heavy atom. The molecule has 4 aliphatic heterocycles. The maximum atomic E-state index is 14.0. The minimum absolute atomic E-state index is 0.156. The lowest BCUT2D eigenvalue weighted by atomic mass is 9.79. The molecule has 0 unspecified atom stereocenters. The number of benzene rings is 1. The highest BCUT2D eigenvalue weighted by atomic mass is 16.7. The predicted octanol–water partition coefficient (Wildman–Crippen LogP) is 1.79. The standard InChI is InChI=1S/C30H37N5O5/c1-5-16(2)25-27(37)34-11-7-10-23(34)30(39)35(25)28(38)29(3,40-30)32-26(36)18-12-20-19-8-6-9-21-24(19)17(14-31-21)13-22(20)33(4)15-18/h6,8-9,12,14,16,18,22-23,25,31,39H,5,7,10-11,13,15H2,1-4H3,(H,32,36)/t16-,18+,22+,23-,25+,29+,30-/m0/s1. The highest BCUT2D eigenvalue weighted by Gasteiger charge is 2.70. The van der Waals surface area contributed by atoms with Gasteiger partial charge in [0.1, 0.15) is 12.1 Å². The fourth-order valence-electron chi connectivity index (χ4n) is 7.77. The largest absolute Gasteiger partial charge is 0.361 e. The van der Waals surface area contributed by atoms with Gasteiger partial charge in [-0.15, -0.1) is 0 Å². The summed E-state index contributed by atoms with van der Waals surface area (Å²) in [6, 6.07) is 4.83. The van der Waals surface area contributed by atoms with E-state index in [0.717, 1.165) is 29.5 Å². The van der Waals surface area contributed by atoms with Gasteiger partial charge in [-0.25, -0.2) is 0 Å². The van der Waals surface area contributed by atoms with Gasteiger partial charge >= 0.3 is 0 Å². The van der Waals surface area contributed by atoms with Gasteiger partial charge in [0, 0.05) is 36.2 Å². The van der Waals surface area contributed by atoms with Crippen molar-refractivity contribution in [2.24, 2.45) is 11.8 Å². The number of piperazine rings is 1. The smallest absolute Gasteiger partial charge is 0.280 e. The molecule has 5 heterocycles. The van der Waals surface area contributed by atoms with Gasteiger partial charge in [0.25, 0.3) is 11.8 Å². The molecule has 1 aliphatic carbocycles. The van der Waals surface area contributed by atoms with Crippen molar-refractivity contribution in [2.45, 2.75) is 76.2 Å². The van der Waals surface area contributed by atoms with Crippen LogP contribution in [0.3, 0.4) is 0 Å². The number of fused-ring (bicyclic) bond motifs is 5. The second-order valence-electron chi connectivity index (χ2n) is 12.4. The van der Waals surface area contributed by atoms with Crippen LogP contribution >= 0.6 is 0 Å². The number of H-pyrrole nitrogens is 1. The highest BCUT2D eigenvalue weighted by molar-refractivity contribution is 6.00. The number of rotatable bonds is 4. The van der Waals surface area contributed by atoms with Crippen molar-refractivity contribution >= 4 is 34.2 Å². The van der Waals surface area contributed by atoms with Gasteiger partial charge in [0.15, 0.2) is 0 Å². The number of nitrogens with one attached hydrogen (secondary N) is 2. The van der Waals surface area contributed by atoms with Crippen LogP contribution in [0.2, 0.25) is 0 Å². The number of aromatic nitrogens is 1. The molecule has 7 rings (SSSR count). The van der Waals surface area contributed by atoms with Crippen LogP contribution < -0.4 is 5.32 Å². The molecule has 1 aromatic carbocycles. The SMILES string of the molecule is CC[C@H](C)[C@@H]1C(=O)N2CCC[C@H]2[C@]2(O)O[C@@](C)(NC(=O)[C@@H]3C=C4c5cccc6[nH]cc(c56)C[C@H]4N(C)C3)C(=O)N12. The van der Waals surface area contributed by atoms with Gasteiger partial charge in [0.2, 0.25) is 17.5 Å². The fourth-order valence-corrected chi connectivity index (χ4v) is 7.77. The van der Waals surface area contributed by atoms with Crippen molar-refractivity contribution in [3.05, 3.63) is 41.6 Å². The zero-order chi connectivity index (χ0) is 28.1. The van der Waals surface area contributed by atoms with E-state index in [9.17, 15) is 19.5 Å². The maximum Gasteiger partial charge on any atom is 0.280 e. The predicted molar refractivity (Wildman–Crippen MR) is 147 cm³/mol. The van der Waals surface area contributed by atoms with E-state index in [1.54, 1.807) is 4.90 Å². The van der Waals surface area contributed by atoms with Crippen LogP contribution in [0, 0.1) is 11.8 Å². The van der Waals surface area contributed by atoms with E-state index < -0.39 is 35.5 Å². The molecule has 212 valence electrons. The van der Waals surface area contributed by atoms with Gasteiger partial charge in [-0.05, 0) is 61.9 Å². The Hall–Kier alpha value is -3.21. The minimum Gasteiger partial charge on any atom is -0.361 e. The number of carbonyl (C=O) groups is 3. The summed E-state index contributed by atoms with van der Waals surface area (Å²) in [6.45, 7) is 6.36. The van der Waals surface area contributed by atoms with Gasteiger partial charge in [0.05, 0.1) is 5.92 Å². The molecule has 3 fully saturated rings. The van der Waals surface area contributed by atoms with Crippen LogP contribution in [-0.2, 0) is 25.5 Å². The number of amides is 3. The summed E-state index contributed by atoms with van der Waals surface area (Å²) in [5.41, 5.74) is 2.78. The molecule has 0 radical (unpaired) electrons. The van der Waals surface area contributed by atoms with Crippen LogP contribution in [0.1, 0.15) is 51.2 Å². The van der Waals surface area contributed by atoms with Crippen molar-refractivity contribution in [1.82, 2.24) is 25.0 Å². The highest BCUT2D eigenvalue weighted by Crippen LogP contribution is 2.47. The van der Waals surface area contributed by atoms with Crippen LogP contribution in [0.5, 0.6) is 0 Å². The summed E-state index contributed by atoms with van der Waals surface area (Å²) in [4.78, 5) is 49.8. The lowest BCUT2D eigenvalue weighted by molar-refractivity contribution is -0.317. The molecule has 0 bridgehead atoms. The molecule has 0 spiro atoms. The Bertz CT molecular complexity index is 1470. The van der Waals surface area contributed by atoms with Crippen molar-refractivity contribution < 1.29 is 24.2 Å². The van der Waals surface area contributed by atoms with Crippen molar-refractivity contribution in [3.8, 4) is 0 Å². The van der Waals surface area contributed by atoms with E-state index >= 15 is 0 Å². The van der Waals surface area contributed by atoms with Gasteiger partial charge in [-0.3, -0.25) is 28.9 Å². The number of carbonyl (C=O) groups excluding carboxylic acids is 3. The third-order valence-corrected chi connectivity index (χ3v) is 9.98. The second kappa shape index (κ2) is 8.64. The molecule has 10 heteroatoms. The molecule has 2 aromatic rings. The molecule has 40 heavy (non-hydrogen) atoms. The fraction of sp³-hybridized carbons (Fsp3) is 0.567. The third-order valence-electron chi connectivity index (χ3n) is 9.98. The second-order valence-corrected chi connectivity index (χ2v) is 12.4. The summed E-state index contributed by atoms with van der Waals surface area (Å²) in [6.07, 6.45) is 6.86. The minimum atomic E-state index is -1.99. The number of hydrogen-bond donors (Lipinski definition) is 3. The zero-order valence-corrected chi connectivity index (χ0v) is 23.4. The molecule has 3 saturated heterocycles. The Morgan fingerprint density at radius 2 is 2.12 bits per heavy atom. The van der Waals surface area contributed by atoms with E-state index in [1.807, 2.05) is 33.0 Å². The van der Waals surface area contributed by atoms with E-state index in [1.165, 1.54) is 22.8 Å². The molecular weight excluding hydrogens is 510 g/mol. The Labute approximate surface area is 233 Å². The maximum absolute atomic E-state index is 14.0. The molecule has 7 atom stereocenters. The van der Waals surface area contributed by atoms with Crippen molar-refractivity contribution in [3.63, 3.8) is 0 Å². The average Bonchev–Trinajstić information content (AvgIpc) is 3.63. The van der Waals surface area contributed by atoms with Crippen molar-refractivity contribution in [2.75, 3.05) is 20.1 Å².